The molecule has 18 heavy (non-hydrogen) atoms. The van der Waals surface area contributed by atoms with Crippen molar-refractivity contribution in [1.82, 2.24) is 15.0 Å². The molecule has 0 radical (unpaired) electrons. The van der Waals surface area contributed by atoms with Crippen LogP contribution in [0, 0.1) is 0 Å². The van der Waals surface area contributed by atoms with Crippen LogP contribution in [-0.4, -0.2) is 15.0 Å². The van der Waals surface area contributed by atoms with Crippen molar-refractivity contribution >= 4 is 11.6 Å². The van der Waals surface area contributed by atoms with Gasteiger partial charge in [-0.05, 0) is 24.1 Å². The van der Waals surface area contributed by atoms with Gasteiger partial charge in [0.05, 0.1) is 5.02 Å². The second-order valence-corrected chi connectivity index (χ2v) is 4.27. The van der Waals surface area contributed by atoms with E-state index in [1.165, 1.54) is 0 Å². The molecule has 1 aromatic carbocycles. The lowest BCUT2D eigenvalue weighted by atomic mass is 10.2. The highest BCUT2D eigenvalue weighted by atomic mass is 35.5. The third kappa shape index (κ3) is 2.80. The van der Waals surface area contributed by atoms with Crippen LogP contribution in [0.2, 0.25) is 5.02 Å². The van der Waals surface area contributed by atoms with Crippen molar-refractivity contribution < 1.29 is 4.74 Å². The first-order valence-electron chi connectivity index (χ1n) is 5.79. The van der Waals surface area contributed by atoms with E-state index in [4.69, 9.17) is 22.1 Å². The maximum atomic E-state index is 6.12. The molecule has 0 aliphatic carbocycles. The first kappa shape index (κ1) is 12.9. The van der Waals surface area contributed by atoms with E-state index in [1.54, 1.807) is 23.0 Å². The highest BCUT2D eigenvalue weighted by Gasteiger charge is 2.08. The molecular weight excluding hydrogens is 252 g/mol. The summed E-state index contributed by atoms with van der Waals surface area (Å²) in [5.74, 6) is 1.16. The van der Waals surface area contributed by atoms with Crippen molar-refractivity contribution in [1.29, 1.82) is 0 Å². The zero-order chi connectivity index (χ0) is 13.0. The van der Waals surface area contributed by atoms with Gasteiger partial charge < -0.3 is 10.5 Å². The number of aromatic nitrogens is 3. The third-order valence-corrected chi connectivity index (χ3v) is 2.76. The van der Waals surface area contributed by atoms with Gasteiger partial charge in [-0.3, -0.25) is 0 Å². The molecule has 0 atom stereocenters. The number of aryl methyl sites for hydroxylation is 1. The highest BCUT2D eigenvalue weighted by Crippen LogP contribution is 2.29. The monoisotopic (exact) mass is 266 g/mol. The average molecular weight is 267 g/mol. The van der Waals surface area contributed by atoms with Crippen molar-refractivity contribution in [2.24, 2.45) is 5.73 Å². The molecule has 2 rings (SSSR count). The van der Waals surface area contributed by atoms with Gasteiger partial charge in [0.25, 0.3) is 0 Å². The molecule has 0 amide bonds. The Hall–Kier alpha value is -1.59. The number of benzene rings is 1. The van der Waals surface area contributed by atoms with Gasteiger partial charge in [0, 0.05) is 13.1 Å². The molecule has 0 bridgehead atoms. The summed E-state index contributed by atoms with van der Waals surface area (Å²) in [6, 6.07) is 5.48. The second-order valence-electron chi connectivity index (χ2n) is 3.87. The normalized spacial score (nSPS) is 10.6. The summed E-state index contributed by atoms with van der Waals surface area (Å²) >= 11 is 6.12. The predicted octanol–water partition coefficient (Wildman–Crippen LogP) is 2.59. The molecule has 0 saturated heterocycles. The van der Waals surface area contributed by atoms with Gasteiger partial charge in [0.1, 0.15) is 11.9 Å². The number of ether oxygens (including phenoxy) is 1. The number of rotatable bonds is 5. The summed E-state index contributed by atoms with van der Waals surface area (Å²) in [7, 11) is 0. The lowest BCUT2D eigenvalue weighted by Gasteiger charge is -2.09. The maximum Gasteiger partial charge on any atom is 0.238 e. The maximum absolute atomic E-state index is 6.12. The summed E-state index contributed by atoms with van der Waals surface area (Å²) in [5, 5.41) is 8.30. The van der Waals surface area contributed by atoms with E-state index in [0.29, 0.717) is 23.2 Å². The van der Waals surface area contributed by atoms with Crippen LogP contribution in [0.15, 0.2) is 24.4 Å². The molecule has 6 heteroatoms. The van der Waals surface area contributed by atoms with Crippen LogP contribution in [0.3, 0.4) is 0 Å². The summed E-state index contributed by atoms with van der Waals surface area (Å²) in [4.78, 5) is 0. The Morgan fingerprint density at radius 1 is 1.44 bits per heavy atom. The Balaban J connectivity index is 2.20. The van der Waals surface area contributed by atoms with Crippen LogP contribution in [-0.2, 0) is 13.1 Å². The van der Waals surface area contributed by atoms with E-state index in [0.717, 1.165) is 18.5 Å². The largest absolute Gasteiger partial charge is 0.436 e. The Kier molecular flexibility index (Phi) is 4.17. The molecule has 0 aliphatic heterocycles. The minimum atomic E-state index is 0.454. The molecule has 0 aliphatic rings. The smallest absolute Gasteiger partial charge is 0.238 e. The number of nitrogens with zero attached hydrogens (tertiary/aromatic N) is 3. The molecule has 1 heterocycles. The van der Waals surface area contributed by atoms with Gasteiger partial charge in [-0.15, -0.1) is 5.10 Å². The summed E-state index contributed by atoms with van der Waals surface area (Å²) in [6.45, 7) is 3.28. The topological polar surface area (TPSA) is 66.0 Å². The molecule has 5 nitrogen and oxygen atoms in total. The van der Waals surface area contributed by atoms with Gasteiger partial charge in [-0.1, -0.05) is 29.8 Å². The van der Waals surface area contributed by atoms with Crippen molar-refractivity contribution in [2.45, 2.75) is 26.4 Å². The first-order valence-corrected chi connectivity index (χ1v) is 6.17. The van der Waals surface area contributed by atoms with E-state index < -0.39 is 0 Å². The van der Waals surface area contributed by atoms with Gasteiger partial charge >= 0.3 is 0 Å². The van der Waals surface area contributed by atoms with Crippen molar-refractivity contribution in [2.75, 3.05) is 0 Å². The number of hydrogen-bond acceptors (Lipinski definition) is 4. The number of halogens is 1. The minimum absolute atomic E-state index is 0.454. The molecule has 0 fully saturated rings. The quantitative estimate of drug-likeness (QED) is 0.903. The SMILES string of the molecule is CCCn1nncc1Oc1ccc(CN)cc1Cl. The van der Waals surface area contributed by atoms with Crippen LogP contribution in [0.5, 0.6) is 11.6 Å². The van der Waals surface area contributed by atoms with Gasteiger partial charge in [0.15, 0.2) is 0 Å². The van der Waals surface area contributed by atoms with Gasteiger partial charge in [0.2, 0.25) is 5.88 Å². The van der Waals surface area contributed by atoms with Crippen LogP contribution in [0.4, 0.5) is 0 Å². The third-order valence-electron chi connectivity index (χ3n) is 2.46. The fraction of sp³-hybridized carbons (Fsp3) is 0.333. The van der Waals surface area contributed by atoms with E-state index in [1.807, 2.05) is 6.07 Å². The van der Waals surface area contributed by atoms with Crippen LogP contribution < -0.4 is 10.5 Å². The first-order chi connectivity index (χ1) is 8.74. The summed E-state index contributed by atoms with van der Waals surface area (Å²) in [5.41, 5.74) is 6.51. The molecule has 2 N–H and O–H groups in total. The Morgan fingerprint density at radius 3 is 2.94 bits per heavy atom. The molecule has 96 valence electrons. The van der Waals surface area contributed by atoms with Gasteiger partial charge in [-0.2, -0.15) is 0 Å². The Morgan fingerprint density at radius 2 is 2.28 bits per heavy atom. The predicted molar refractivity (Wildman–Crippen MR) is 69.7 cm³/mol. The van der Waals surface area contributed by atoms with Crippen LogP contribution in [0.1, 0.15) is 18.9 Å². The van der Waals surface area contributed by atoms with Crippen molar-refractivity contribution in [3.05, 3.63) is 35.0 Å². The fourth-order valence-corrected chi connectivity index (χ4v) is 1.80. The fourth-order valence-electron chi connectivity index (χ4n) is 1.56. The lowest BCUT2D eigenvalue weighted by molar-refractivity contribution is 0.407. The zero-order valence-corrected chi connectivity index (χ0v) is 10.9. The summed E-state index contributed by atoms with van der Waals surface area (Å²) < 4.78 is 7.40. The van der Waals surface area contributed by atoms with Gasteiger partial charge in [-0.25, -0.2) is 4.68 Å². The second kappa shape index (κ2) is 5.84. The average Bonchev–Trinajstić information content (AvgIpc) is 2.80. The lowest BCUT2D eigenvalue weighted by Crippen LogP contribution is -2.02. The standard InChI is InChI=1S/C12H15ClN4O/c1-2-5-17-12(8-15-16-17)18-11-4-3-9(7-14)6-10(11)13/h3-4,6,8H,2,5,7,14H2,1H3. The Labute approximate surface area is 111 Å². The molecule has 1 aromatic heterocycles. The molecule has 0 spiro atoms. The minimum Gasteiger partial charge on any atom is -0.436 e. The number of hydrogen-bond donors (Lipinski definition) is 1. The Bertz CT molecular complexity index is 527. The van der Waals surface area contributed by atoms with E-state index >= 15 is 0 Å². The van der Waals surface area contributed by atoms with Crippen LogP contribution >= 0.6 is 11.6 Å². The number of nitrogens with two attached hydrogens (primary N) is 1. The van der Waals surface area contributed by atoms with Crippen molar-refractivity contribution in [3.8, 4) is 11.6 Å². The highest BCUT2D eigenvalue weighted by molar-refractivity contribution is 6.32. The molecule has 0 saturated carbocycles. The van der Waals surface area contributed by atoms with E-state index in [9.17, 15) is 0 Å². The van der Waals surface area contributed by atoms with Crippen molar-refractivity contribution in [3.63, 3.8) is 0 Å². The summed E-state index contributed by atoms with van der Waals surface area (Å²) in [6.07, 6.45) is 2.53. The molecule has 2 aromatic rings. The molecular formula is C12H15ClN4O. The van der Waals surface area contributed by atoms with E-state index in [-0.39, 0.29) is 0 Å². The van der Waals surface area contributed by atoms with Crippen LogP contribution in [0.25, 0.3) is 0 Å². The molecule has 0 unspecified atom stereocenters. The van der Waals surface area contributed by atoms with E-state index in [2.05, 4.69) is 17.2 Å². The zero-order valence-electron chi connectivity index (χ0n) is 10.1.